The third kappa shape index (κ3) is 2.68. The predicted molar refractivity (Wildman–Crippen MR) is 79.3 cm³/mol. The summed E-state index contributed by atoms with van der Waals surface area (Å²) in [5.41, 5.74) is 7.18. The molecule has 0 aliphatic heterocycles. The first-order valence-electron chi connectivity index (χ1n) is 6.80. The molecule has 20 heavy (non-hydrogen) atoms. The van der Waals surface area contributed by atoms with E-state index >= 15 is 0 Å². The topological polar surface area (TPSA) is 35.2 Å². The van der Waals surface area contributed by atoms with Crippen LogP contribution in [0.1, 0.15) is 30.9 Å². The molecule has 0 radical (unpaired) electrons. The molecule has 0 amide bonds. The number of benzene rings is 2. The van der Waals surface area contributed by atoms with E-state index in [1.54, 1.807) is 12.1 Å². The standard InChI is InChI=1S/C17H20FNO/c1-3-11-17(19,13-7-5-4-6-8-13)15-10-9-14(20-2)12-16(15)18/h4-10,12H,3,11,19H2,1-2H3. The van der Waals surface area contributed by atoms with Crippen LogP contribution in [-0.2, 0) is 5.54 Å². The summed E-state index contributed by atoms with van der Waals surface area (Å²) in [5.74, 6) is 0.169. The molecule has 1 unspecified atom stereocenters. The first-order valence-corrected chi connectivity index (χ1v) is 6.80. The quantitative estimate of drug-likeness (QED) is 0.898. The molecule has 3 heteroatoms. The molecule has 0 saturated heterocycles. The fourth-order valence-corrected chi connectivity index (χ4v) is 2.55. The van der Waals surface area contributed by atoms with Crippen molar-refractivity contribution in [2.24, 2.45) is 5.73 Å². The largest absolute Gasteiger partial charge is 0.497 e. The van der Waals surface area contributed by atoms with E-state index in [-0.39, 0.29) is 5.82 Å². The van der Waals surface area contributed by atoms with Gasteiger partial charge in [-0.3, -0.25) is 0 Å². The van der Waals surface area contributed by atoms with Crippen molar-refractivity contribution in [3.05, 3.63) is 65.5 Å². The zero-order chi connectivity index (χ0) is 14.6. The van der Waals surface area contributed by atoms with E-state index in [0.717, 1.165) is 12.0 Å². The summed E-state index contributed by atoms with van der Waals surface area (Å²) in [6.45, 7) is 2.05. The molecule has 0 heterocycles. The number of rotatable bonds is 5. The number of hydrogen-bond acceptors (Lipinski definition) is 2. The Morgan fingerprint density at radius 2 is 1.85 bits per heavy atom. The van der Waals surface area contributed by atoms with Gasteiger partial charge < -0.3 is 10.5 Å². The minimum Gasteiger partial charge on any atom is -0.497 e. The van der Waals surface area contributed by atoms with Crippen LogP contribution < -0.4 is 10.5 Å². The lowest BCUT2D eigenvalue weighted by Gasteiger charge is -2.31. The number of methoxy groups -OCH3 is 1. The average Bonchev–Trinajstić information content (AvgIpc) is 2.48. The molecule has 2 nitrogen and oxygen atoms in total. The summed E-state index contributed by atoms with van der Waals surface area (Å²) in [6.07, 6.45) is 1.55. The Bertz CT molecular complexity index is 570. The van der Waals surface area contributed by atoms with Crippen LogP contribution in [-0.4, -0.2) is 7.11 Å². The van der Waals surface area contributed by atoms with E-state index < -0.39 is 5.54 Å². The van der Waals surface area contributed by atoms with Gasteiger partial charge in [-0.05, 0) is 18.1 Å². The maximum absolute atomic E-state index is 14.4. The van der Waals surface area contributed by atoms with Gasteiger partial charge >= 0.3 is 0 Å². The van der Waals surface area contributed by atoms with Gasteiger partial charge in [-0.25, -0.2) is 4.39 Å². The van der Waals surface area contributed by atoms with Crippen LogP contribution >= 0.6 is 0 Å². The molecule has 1 atom stereocenters. The number of nitrogens with two attached hydrogens (primary N) is 1. The molecule has 2 aromatic rings. The summed E-state index contributed by atoms with van der Waals surface area (Å²) < 4.78 is 19.4. The zero-order valence-corrected chi connectivity index (χ0v) is 11.9. The maximum atomic E-state index is 14.4. The lowest BCUT2D eigenvalue weighted by molar-refractivity contribution is 0.406. The third-order valence-electron chi connectivity index (χ3n) is 3.59. The van der Waals surface area contributed by atoms with Gasteiger partial charge in [-0.15, -0.1) is 0 Å². The fraction of sp³-hybridized carbons (Fsp3) is 0.294. The second-order valence-electron chi connectivity index (χ2n) is 4.93. The minimum atomic E-state index is -0.813. The van der Waals surface area contributed by atoms with Crippen molar-refractivity contribution in [2.75, 3.05) is 7.11 Å². The molecule has 2 N–H and O–H groups in total. The molecule has 2 rings (SSSR count). The molecule has 0 spiro atoms. The van der Waals surface area contributed by atoms with Gasteiger partial charge in [0.05, 0.1) is 12.6 Å². The van der Waals surface area contributed by atoms with Crippen LogP contribution in [0, 0.1) is 5.82 Å². The molecule has 0 aromatic heterocycles. The van der Waals surface area contributed by atoms with E-state index in [1.807, 2.05) is 37.3 Å². The second-order valence-corrected chi connectivity index (χ2v) is 4.93. The third-order valence-corrected chi connectivity index (χ3v) is 3.59. The van der Waals surface area contributed by atoms with Crippen LogP contribution in [0.15, 0.2) is 48.5 Å². The van der Waals surface area contributed by atoms with E-state index in [9.17, 15) is 4.39 Å². The highest BCUT2D eigenvalue weighted by Gasteiger charge is 2.31. The predicted octanol–water partition coefficient (Wildman–Crippen LogP) is 3.84. The lowest BCUT2D eigenvalue weighted by Crippen LogP contribution is -2.38. The van der Waals surface area contributed by atoms with Gasteiger partial charge in [0.1, 0.15) is 11.6 Å². The fourth-order valence-electron chi connectivity index (χ4n) is 2.55. The van der Waals surface area contributed by atoms with Gasteiger partial charge in [0.15, 0.2) is 0 Å². The van der Waals surface area contributed by atoms with Gasteiger partial charge in [0.2, 0.25) is 0 Å². The van der Waals surface area contributed by atoms with Gasteiger partial charge in [0.25, 0.3) is 0 Å². The van der Waals surface area contributed by atoms with Gasteiger partial charge in [-0.1, -0.05) is 49.7 Å². The molecule has 0 aliphatic rings. The highest BCUT2D eigenvalue weighted by atomic mass is 19.1. The van der Waals surface area contributed by atoms with Crippen LogP contribution in [0.5, 0.6) is 5.75 Å². The molecular formula is C17H20FNO. The monoisotopic (exact) mass is 273 g/mol. The molecule has 106 valence electrons. The van der Waals surface area contributed by atoms with Crippen molar-refractivity contribution in [2.45, 2.75) is 25.3 Å². The number of hydrogen-bond donors (Lipinski definition) is 1. The SMILES string of the molecule is CCCC(N)(c1ccccc1)c1ccc(OC)cc1F. The van der Waals surface area contributed by atoms with E-state index in [0.29, 0.717) is 17.7 Å². The molecular weight excluding hydrogens is 253 g/mol. The Labute approximate surface area is 119 Å². The second kappa shape index (κ2) is 6.06. The van der Waals surface area contributed by atoms with Crippen molar-refractivity contribution in [1.29, 1.82) is 0 Å². The Morgan fingerprint density at radius 3 is 2.40 bits per heavy atom. The summed E-state index contributed by atoms with van der Waals surface area (Å²) >= 11 is 0. The van der Waals surface area contributed by atoms with Gasteiger partial charge in [0, 0.05) is 11.6 Å². The van der Waals surface area contributed by atoms with Crippen LogP contribution in [0.3, 0.4) is 0 Å². The number of halogens is 1. The lowest BCUT2D eigenvalue weighted by atomic mass is 9.80. The van der Waals surface area contributed by atoms with Gasteiger partial charge in [-0.2, -0.15) is 0 Å². The van der Waals surface area contributed by atoms with Crippen LogP contribution in [0.25, 0.3) is 0 Å². The summed E-state index contributed by atoms with van der Waals surface area (Å²) in [7, 11) is 1.52. The van der Waals surface area contributed by atoms with Crippen molar-refractivity contribution in [1.82, 2.24) is 0 Å². The first kappa shape index (κ1) is 14.5. The Morgan fingerprint density at radius 1 is 1.15 bits per heavy atom. The molecule has 0 fully saturated rings. The first-order chi connectivity index (χ1) is 9.61. The van der Waals surface area contributed by atoms with Crippen molar-refractivity contribution < 1.29 is 9.13 Å². The summed E-state index contributed by atoms with van der Waals surface area (Å²) in [4.78, 5) is 0. The smallest absolute Gasteiger partial charge is 0.132 e. The van der Waals surface area contributed by atoms with Crippen molar-refractivity contribution in [3.63, 3.8) is 0 Å². The molecule has 0 bridgehead atoms. The Hall–Kier alpha value is -1.87. The molecule has 0 aliphatic carbocycles. The summed E-state index contributed by atoms with van der Waals surface area (Å²) in [5, 5.41) is 0. The van der Waals surface area contributed by atoms with Crippen molar-refractivity contribution in [3.8, 4) is 5.75 Å². The minimum absolute atomic E-state index is 0.329. The maximum Gasteiger partial charge on any atom is 0.132 e. The van der Waals surface area contributed by atoms with E-state index in [4.69, 9.17) is 10.5 Å². The average molecular weight is 273 g/mol. The Kier molecular flexibility index (Phi) is 4.40. The highest BCUT2D eigenvalue weighted by Crippen LogP contribution is 2.34. The van der Waals surface area contributed by atoms with Crippen LogP contribution in [0.2, 0.25) is 0 Å². The molecule has 2 aromatic carbocycles. The number of ether oxygens (including phenoxy) is 1. The normalized spacial score (nSPS) is 13.8. The van der Waals surface area contributed by atoms with E-state index in [2.05, 4.69) is 0 Å². The van der Waals surface area contributed by atoms with Crippen molar-refractivity contribution >= 4 is 0 Å². The summed E-state index contributed by atoms with van der Waals surface area (Å²) in [6, 6.07) is 14.5. The van der Waals surface area contributed by atoms with Crippen LogP contribution in [0.4, 0.5) is 4.39 Å². The highest BCUT2D eigenvalue weighted by molar-refractivity contribution is 5.41. The molecule has 0 saturated carbocycles. The Balaban J connectivity index is 2.53. The zero-order valence-electron chi connectivity index (χ0n) is 11.9. The van der Waals surface area contributed by atoms with E-state index in [1.165, 1.54) is 13.2 Å².